The van der Waals surface area contributed by atoms with Crippen LogP contribution in [-0.2, 0) is 18.4 Å². The molecular weight excluding hydrogens is 840 g/mol. The average molecular weight is 946 g/mol. The van der Waals surface area contributed by atoms with Gasteiger partial charge >= 0.3 is 7.82 Å². The van der Waals surface area contributed by atoms with Crippen LogP contribution in [0, 0.1) is 0 Å². The van der Waals surface area contributed by atoms with Gasteiger partial charge in [-0.3, -0.25) is 13.8 Å². The number of carbonyl (C=O) groups excluding carboxylic acids is 1. The Labute approximate surface area is 408 Å². The number of hydrogen-bond acceptors (Lipinski definition) is 5. The van der Waals surface area contributed by atoms with Crippen LogP contribution in [0.5, 0.6) is 0 Å². The molecule has 0 saturated heterocycles. The van der Waals surface area contributed by atoms with E-state index in [-0.39, 0.29) is 19.1 Å². The van der Waals surface area contributed by atoms with Crippen molar-refractivity contribution in [1.29, 1.82) is 0 Å². The number of hydrogen-bond donors (Lipinski definition) is 3. The van der Waals surface area contributed by atoms with Crippen molar-refractivity contribution >= 4 is 13.7 Å². The molecule has 8 nitrogen and oxygen atoms in total. The summed E-state index contributed by atoms with van der Waals surface area (Å²) in [5, 5.41) is 13.9. The van der Waals surface area contributed by atoms with Crippen molar-refractivity contribution in [3.8, 4) is 0 Å². The molecule has 3 atom stereocenters. The first kappa shape index (κ1) is 63.9. The summed E-state index contributed by atoms with van der Waals surface area (Å²) in [6.45, 7) is 4.71. The van der Waals surface area contributed by atoms with Crippen molar-refractivity contribution in [3.05, 3.63) is 72.9 Å². The standard InChI is InChI=1S/C57H105N2O6P/c1-6-8-10-12-14-16-18-20-22-23-24-25-26-27-28-29-30-31-32-33-34-35-37-39-41-43-45-47-49-51-57(61)58-55(54-65-66(62,63)64-53-52-59(3,4)5)56(60)50-48-46-44-42-40-38-36-21-19-17-15-13-11-9-7-2/h8,10,14,16,20,22,24-25,27-28,48,50,55-56,60H,6-7,9,11-13,15,17-19,21,23,26,29-47,49,51-54H2,1-5H3,(H-,58,61,62,63)/p+1/b10-8-,16-14-,22-20-,25-24-,28-27-,50-48+. The first-order chi connectivity index (χ1) is 32.0. The maximum atomic E-state index is 13.0. The molecule has 0 heterocycles. The normalized spacial score (nSPS) is 14.6. The fourth-order valence-corrected chi connectivity index (χ4v) is 8.39. The van der Waals surface area contributed by atoms with Gasteiger partial charge in [-0.05, 0) is 64.2 Å². The molecule has 0 aliphatic carbocycles. The minimum Gasteiger partial charge on any atom is -0.387 e. The molecule has 0 saturated carbocycles. The number of aliphatic hydroxyl groups excluding tert-OH is 1. The van der Waals surface area contributed by atoms with E-state index in [1.54, 1.807) is 6.08 Å². The molecule has 0 aromatic heterocycles. The molecule has 0 spiro atoms. The summed E-state index contributed by atoms with van der Waals surface area (Å²) in [7, 11) is 1.57. The summed E-state index contributed by atoms with van der Waals surface area (Å²) in [4.78, 5) is 23.3. The molecule has 0 fully saturated rings. The van der Waals surface area contributed by atoms with Crippen molar-refractivity contribution in [3.63, 3.8) is 0 Å². The highest BCUT2D eigenvalue weighted by molar-refractivity contribution is 7.47. The van der Waals surface area contributed by atoms with Crippen molar-refractivity contribution in [2.75, 3.05) is 40.9 Å². The Bertz CT molecular complexity index is 1300. The molecule has 9 heteroatoms. The van der Waals surface area contributed by atoms with E-state index in [4.69, 9.17) is 9.05 Å². The molecule has 66 heavy (non-hydrogen) atoms. The SMILES string of the molecule is CC/C=C\C/C=C\C/C=C\C/C=C\C/C=C\CCCCCCCCCCCCCCCC(=O)NC(COP(=O)(O)OCC[N+](C)(C)C)C(O)/C=C/CCCCCCCCCCCCCCC. The number of allylic oxidation sites excluding steroid dienone is 11. The van der Waals surface area contributed by atoms with Gasteiger partial charge in [0.2, 0.25) is 5.91 Å². The Balaban J connectivity index is 4.18. The van der Waals surface area contributed by atoms with Gasteiger partial charge in [0.25, 0.3) is 0 Å². The van der Waals surface area contributed by atoms with Crippen LogP contribution in [0.3, 0.4) is 0 Å². The predicted molar refractivity (Wildman–Crippen MR) is 286 cm³/mol. The maximum Gasteiger partial charge on any atom is 0.472 e. The second-order valence-corrected chi connectivity index (χ2v) is 21.0. The van der Waals surface area contributed by atoms with Gasteiger partial charge in [-0.15, -0.1) is 0 Å². The molecule has 0 aliphatic heterocycles. The highest BCUT2D eigenvalue weighted by Gasteiger charge is 2.27. The largest absolute Gasteiger partial charge is 0.472 e. The van der Waals surface area contributed by atoms with Gasteiger partial charge in [0, 0.05) is 6.42 Å². The lowest BCUT2D eigenvalue weighted by Gasteiger charge is -2.25. The third-order valence-electron chi connectivity index (χ3n) is 11.9. The van der Waals surface area contributed by atoms with Gasteiger partial charge in [-0.1, -0.05) is 234 Å². The molecule has 3 unspecified atom stereocenters. The summed E-state index contributed by atoms with van der Waals surface area (Å²) < 4.78 is 23.7. The molecule has 1 amide bonds. The smallest absolute Gasteiger partial charge is 0.387 e. The van der Waals surface area contributed by atoms with Crippen LogP contribution in [0.2, 0.25) is 0 Å². The predicted octanol–water partition coefficient (Wildman–Crippen LogP) is 16.3. The number of nitrogens with zero attached hydrogens (tertiary/aromatic N) is 1. The number of carbonyl (C=O) groups is 1. The highest BCUT2D eigenvalue weighted by atomic mass is 31.2. The van der Waals surface area contributed by atoms with Gasteiger partial charge in [-0.25, -0.2) is 4.57 Å². The molecule has 0 rings (SSSR count). The van der Waals surface area contributed by atoms with Crippen LogP contribution < -0.4 is 5.32 Å². The van der Waals surface area contributed by atoms with Crippen molar-refractivity contribution in [2.45, 2.75) is 244 Å². The van der Waals surface area contributed by atoms with Gasteiger partial charge < -0.3 is 19.8 Å². The van der Waals surface area contributed by atoms with E-state index in [9.17, 15) is 19.4 Å². The minimum absolute atomic E-state index is 0.0593. The molecule has 0 aromatic rings. The third-order valence-corrected chi connectivity index (χ3v) is 12.9. The lowest BCUT2D eigenvalue weighted by atomic mass is 10.0. The lowest BCUT2D eigenvalue weighted by Crippen LogP contribution is -2.45. The van der Waals surface area contributed by atoms with Crippen molar-refractivity contribution in [2.24, 2.45) is 0 Å². The Kier molecular flexibility index (Phi) is 46.5. The van der Waals surface area contributed by atoms with Crippen LogP contribution in [0.1, 0.15) is 232 Å². The van der Waals surface area contributed by atoms with Crippen molar-refractivity contribution < 1.29 is 32.9 Å². The maximum absolute atomic E-state index is 13.0. The number of phosphoric ester groups is 1. The van der Waals surface area contributed by atoms with E-state index in [1.807, 2.05) is 27.2 Å². The Hall–Kier alpha value is -2.06. The van der Waals surface area contributed by atoms with Crippen LogP contribution in [0.4, 0.5) is 0 Å². The Morgan fingerprint density at radius 2 is 0.909 bits per heavy atom. The number of aliphatic hydroxyl groups is 1. The second kappa shape index (κ2) is 48.0. The number of unbranched alkanes of at least 4 members (excludes halogenated alkanes) is 26. The number of nitrogens with one attached hydrogen (secondary N) is 1. The summed E-state index contributed by atoms with van der Waals surface area (Å²) in [6, 6.07) is -0.850. The van der Waals surface area contributed by atoms with Crippen LogP contribution in [0.15, 0.2) is 72.9 Å². The topological polar surface area (TPSA) is 105 Å². The van der Waals surface area contributed by atoms with Crippen LogP contribution in [0.25, 0.3) is 0 Å². The third kappa shape index (κ3) is 49.8. The zero-order valence-electron chi connectivity index (χ0n) is 43.7. The zero-order chi connectivity index (χ0) is 48.5. The molecule has 0 aromatic carbocycles. The number of phosphoric acid groups is 1. The van der Waals surface area contributed by atoms with E-state index in [0.717, 1.165) is 70.6 Å². The zero-order valence-corrected chi connectivity index (χ0v) is 44.6. The van der Waals surface area contributed by atoms with Gasteiger partial charge in [0.05, 0.1) is 39.9 Å². The number of quaternary nitrogens is 1. The molecule has 0 radical (unpaired) electrons. The molecule has 0 aliphatic rings. The Morgan fingerprint density at radius 1 is 0.530 bits per heavy atom. The summed E-state index contributed by atoms with van der Waals surface area (Å²) in [5.41, 5.74) is 0. The number of amides is 1. The number of rotatable bonds is 49. The average Bonchev–Trinajstić information content (AvgIpc) is 3.28. The monoisotopic (exact) mass is 946 g/mol. The fraction of sp³-hybridized carbons (Fsp3) is 0.772. The second-order valence-electron chi connectivity index (χ2n) is 19.6. The summed E-state index contributed by atoms with van der Waals surface area (Å²) >= 11 is 0. The highest BCUT2D eigenvalue weighted by Crippen LogP contribution is 2.43. The van der Waals surface area contributed by atoms with Crippen LogP contribution in [-0.4, -0.2) is 73.4 Å². The van der Waals surface area contributed by atoms with Gasteiger partial charge in [0.1, 0.15) is 13.2 Å². The summed E-state index contributed by atoms with van der Waals surface area (Å²) in [5.74, 6) is -0.180. The van der Waals surface area contributed by atoms with Crippen LogP contribution >= 0.6 is 7.82 Å². The lowest BCUT2D eigenvalue weighted by molar-refractivity contribution is -0.870. The minimum atomic E-state index is -4.35. The molecule has 3 N–H and O–H groups in total. The summed E-state index contributed by atoms with van der Waals surface area (Å²) in [6.07, 6.45) is 65.6. The quantitative estimate of drug-likeness (QED) is 0.0243. The van der Waals surface area contributed by atoms with E-state index in [2.05, 4.69) is 79.9 Å². The van der Waals surface area contributed by atoms with E-state index in [0.29, 0.717) is 17.4 Å². The fourth-order valence-electron chi connectivity index (χ4n) is 7.66. The van der Waals surface area contributed by atoms with E-state index in [1.165, 1.54) is 141 Å². The van der Waals surface area contributed by atoms with E-state index < -0.39 is 20.0 Å². The van der Waals surface area contributed by atoms with Gasteiger partial charge in [-0.2, -0.15) is 0 Å². The number of likely N-dealkylation sites (N-methyl/N-ethyl adjacent to an activating group) is 1. The van der Waals surface area contributed by atoms with E-state index >= 15 is 0 Å². The molecule has 384 valence electrons. The first-order valence-electron chi connectivity index (χ1n) is 27.3. The Morgan fingerprint density at radius 3 is 1.33 bits per heavy atom. The molecular formula is C57H106N2O6P+. The van der Waals surface area contributed by atoms with Crippen molar-refractivity contribution in [1.82, 2.24) is 5.32 Å². The first-order valence-corrected chi connectivity index (χ1v) is 28.8. The molecule has 0 bridgehead atoms. The van der Waals surface area contributed by atoms with Gasteiger partial charge in [0.15, 0.2) is 0 Å².